The number of rotatable bonds is 5. The van der Waals surface area contributed by atoms with Crippen LogP contribution in [-0.4, -0.2) is 38.2 Å². The Morgan fingerprint density at radius 2 is 1.69 bits per heavy atom. The molecule has 36 heavy (non-hydrogen) atoms. The van der Waals surface area contributed by atoms with Crippen molar-refractivity contribution < 1.29 is 22.8 Å². The fourth-order valence-electron chi connectivity index (χ4n) is 4.85. The van der Waals surface area contributed by atoms with E-state index in [2.05, 4.69) is 15.6 Å². The molecule has 9 heteroatoms. The molecule has 0 saturated heterocycles. The summed E-state index contributed by atoms with van der Waals surface area (Å²) in [5.74, 6) is -3.80. The lowest BCUT2D eigenvalue weighted by Gasteiger charge is -2.39. The number of carbonyl (C=O) groups excluding carboxylic acids is 2. The molecule has 2 saturated carbocycles. The van der Waals surface area contributed by atoms with Crippen LogP contribution in [0.25, 0.3) is 27.7 Å². The minimum atomic E-state index is -2.84. The van der Waals surface area contributed by atoms with Gasteiger partial charge in [0.25, 0.3) is 5.91 Å². The summed E-state index contributed by atoms with van der Waals surface area (Å²) in [5, 5.41) is 6.45. The van der Waals surface area contributed by atoms with Crippen molar-refractivity contribution in [3.63, 3.8) is 0 Å². The highest BCUT2D eigenvalue weighted by molar-refractivity contribution is 6.00. The van der Waals surface area contributed by atoms with Crippen LogP contribution in [0.3, 0.4) is 0 Å². The Labute approximate surface area is 205 Å². The molecule has 0 spiro atoms. The molecule has 2 aliphatic carbocycles. The maximum Gasteiger partial charge on any atom is 0.287 e. The number of alkyl halides is 2. The molecule has 4 aromatic rings. The van der Waals surface area contributed by atoms with Gasteiger partial charge in [0.05, 0.1) is 0 Å². The summed E-state index contributed by atoms with van der Waals surface area (Å²) in [6, 6.07) is 11.2. The molecule has 0 aliphatic heterocycles. The van der Waals surface area contributed by atoms with Crippen molar-refractivity contribution in [2.45, 2.75) is 62.4 Å². The average Bonchev–Trinajstić information content (AvgIpc) is 3.24. The van der Waals surface area contributed by atoms with Gasteiger partial charge in [0, 0.05) is 42.4 Å². The summed E-state index contributed by atoms with van der Waals surface area (Å²) in [4.78, 5) is 30.7. The van der Waals surface area contributed by atoms with Crippen LogP contribution in [-0.2, 0) is 4.79 Å². The summed E-state index contributed by atoms with van der Waals surface area (Å²) in [6.45, 7) is 1.92. The number of carbonyl (C=O) groups is 2. The third-order valence-corrected chi connectivity index (χ3v) is 7.51. The van der Waals surface area contributed by atoms with Crippen LogP contribution in [0, 0.1) is 0 Å². The number of fused-ring (bicyclic) bond motifs is 2. The highest BCUT2D eigenvalue weighted by Gasteiger charge is 2.51. The molecule has 0 bridgehead atoms. The van der Waals surface area contributed by atoms with Gasteiger partial charge in [-0.1, -0.05) is 12.1 Å². The first-order chi connectivity index (χ1) is 17.1. The smallest absolute Gasteiger partial charge is 0.287 e. The fraction of sp³-hybridized carbons (Fsp3) is 0.370. The summed E-state index contributed by atoms with van der Waals surface area (Å²) < 4.78 is 35.7. The Balaban J connectivity index is 1.27. The zero-order valence-corrected chi connectivity index (χ0v) is 19.8. The van der Waals surface area contributed by atoms with Gasteiger partial charge < -0.3 is 19.5 Å². The number of aromatic nitrogens is 2. The van der Waals surface area contributed by atoms with E-state index in [4.69, 9.17) is 4.42 Å². The van der Waals surface area contributed by atoms with Crippen LogP contribution in [0.2, 0.25) is 0 Å². The SMILES string of the molecule is CC1(NC(=O)C2(NC(=O)c3cc4ccc(-c5ccn6ccnc6c5)cc4o3)CCC(F)(F)CC2)CC1. The number of furan rings is 1. The minimum Gasteiger partial charge on any atom is -0.451 e. The lowest BCUT2D eigenvalue weighted by Crippen LogP contribution is -2.62. The molecular formula is C27H26F2N4O3. The van der Waals surface area contributed by atoms with Crippen molar-refractivity contribution in [3.8, 4) is 11.1 Å². The molecule has 0 radical (unpaired) electrons. The highest BCUT2D eigenvalue weighted by Crippen LogP contribution is 2.41. The van der Waals surface area contributed by atoms with E-state index in [9.17, 15) is 18.4 Å². The highest BCUT2D eigenvalue weighted by atomic mass is 19.3. The third-order valence-electron chi connectivity index (χ3n) is 7.51. The molecule has 2 amide bonds. The van der Waals surface area contributed by atoms with Crippen molar-refractivity contribution in [1.29, 1.82) is 0 Å². The number of nitrogens with zero attached hydrogens (tertiary/aromatic N) is 2. The second-order valence-electron chi connectivity index (χ2n) is 10.4. The Morgan fingerprint density at radius 1 is 0.944 bits per heavy atom. The van der Waals surface area contributed by atoms with Crippen molar-refractivity contribution in [2.75, 3.05) is 0 Å². The van der Waals surface area contributed by atoms with Gasteiger partial charge >= 0.3 is 0 Å². The van der Waals surface area contributed by atoms with Crippen molar-refractivity contribution in [3.05, 3.63) is 60.7 Å². The summed E-state index contributed by atoms with van der Waals surface area (Å²) in [5.41, 5.74) is 1.45. The standard InChI is InChI=1S/C27H26F2N4O3/c1-25(5-6-25)32-24(35)26(7-9-27(28,29)10-8-26)31-23(34)21-15-19-3-2-17(14-20(19)36-21)18-4-12-33-13-11-30-22(33)16-18/h2-4,11-16H,5-10H2,1H3,(H,31,34)(H,32,35). The molecule has 7 nitrogen and oxygen atoms in total. The van der Waals surface area contributed by atoms with Gasteiger partial charge in [-0.05, 0) is 68.0 Å². The largest absolute Gasteiger partial charge is 0.451 e. The van der Waals surface area contributed by atoms with E-state index in [1.807, 2.05) is 54.0 Å². The van der Waals surface area contributed by atoms with E-state index >= 15 is 0 Å². The van der Waals surface area contributed by atoms with Gasteiger partial charge in [0.2, 0.25) is 11.8 Å². The Morgan fingerprint density at radius 3 is 2.44 bits per heavy atom. The number of benzene rings is 1. The summed E-state index contributed by atoms with van der Waals surface area (Å²) >= 11 is 0. The van der Waals surface area contributed by atoms with Gasteiger partial charge in [-0.2, -0.15) is 0 Å². The first-order valence-electron chi connectivity index (χ1n) is 12.1. The van der Waals surface area contributed by atoms with Gasteiger partial charge in [0.1, 0.15) is 16.8 Å². The quantitative estimate of drug-likeness (QED) is 0.406. The van der Waals surface area contributed by atoms with Crippen LogP contribution in [0.5, 0.6) is 0 Å². The molecule has 0 unspecified atom stereocenters. The van der Waals surface area contributed by atoms with Crippen LogP contribution < -0.4 is 10.6 Å². The van der Waals surface area contributed by atoms with Crippen LogP contribution in [0.4, 0.5) is 8.78 Å². The number of hydrogen-bond donors (Lipinski definition) is 2. The Hall–Kier alpha value is -3.75. The molecular weight excluding hydrogens is 466 g/mol. The maximum atomic E-state index is 13.9. The van der Waals surface area contributed by atoms with E-state index in [0.29, 0.717) is 5.58 Å². The first-order valence-corrected chi connectivity index (χ1v) is 12.1. The Kier molecular flexibility index (Phi) is 4.97. The normalized spacial score (nSPS) is 19.8. The molecule has 6 rings (SSSR count). The monoisotopic (exact) mass is 492 g/mol. The van der Waals surface area contributed by atoms with Crippen LogP contribution in [0.1, 0.15) is 56.0 Å². The van der Waals surface area contributed by atoms with E-state index < -0.39 is 36.1 Å². The summed E-state index contributed by atoms with van der Waals surface area (Å²) in [6.07, 6.45) is 6.00. The number of amides is 2. The number of imidazole rings is 1. The maximum absolute atomic E-state index is 13.9. The molecule has 2 N–H and O–H groups in total. The molecule has 0 atom stereocenters. The second-order valence-corrected chi connectivity index (χ2v) is 10.4. The zero-order chi connectivity index (χ0) is 25.1. The molecule has 2 fully saturated rings. The number of nitrogens with one attached hydrogen (secondary N) is 2. The van der Waals surface area contributed by atoms with Gasteiger partial charge in [-0.3, -0.25) is 9.59 Å². The van der Waals surface area contributed by atoms with Gasteiger partial charge in [-0.25, -0.2) is 13.8 Å². The second kappa shape index (κ2) is 7.88. The van der Waals surface area contributed by atoms with Gasteiger partial charge in [0.15, 0.2) is 5.76 Å². The molecule has 3 heterocycles. The fourth-order valence-corrected chi connectivity index (χ4v) is 4.85. The first kappa shape index (κ1) is 22.7. The predicted octanol–water partition coefficient (Wildman–Crippen LogP) is 5.09. The van der Waals surface area contributed by atoms with E-state index in [0.717, 1.165) is 35.0 Å². The minimum absolute atomic E-state index is 0.0352. The van der Waals surface area contributed by atoms with E-state index in [1.54, 1.807) is 12.3 Å². The number of hydrogen-bond acceptors (Lipinski definition) is 4. The number of halogens is 2. The third kappa shape index (κ3) is 4.12. The predicted molar refractivity (Wildman–Crippen MR) is 130 cm³/mol. The molecule has 2 aliphatic rings. The van der Waals surface area contributed by atoms with Crippen molar-refractivity contribution in [2.24, 2.45) is 0 Å². The number of pyridine rings is 1. The Bertz CT molecular complexity index is 1490. The average molecular weight is 493 g/mol. The van der Waals surface area contributed by atoms with Crippen LogP contribution >= 0.6 is 0 Å². The lowest BCUT2D eigenvalue weighted by molar-refractivity contribution is -0.133. The van der Waals surface area contributed by atoms with E-state index in [1.165, 1.54) is 0 Å². The van der Waals surface area contributed by atoms with Gasteiger partial charge in [-0.15, -0.1) is 0 Å². The van der Waals surface area contributed by atoms with Crippen molar-refractivity contribution >= 4 is 28.4 Å². The topological polar surface area (TPSA) is 88.6 Å². The molecule has 186 valence electrons. The molecule has 3 aromatic heterocycles. The van der Waals surface area contributed by atoms with Crippen LogP contribution in [0.15, 0.2) is 59.4 Å². The lowest BCUT2D eigenvalue weighted by atomic mass is 9.78. The van der Waals surface area contributed by atoms with E-state index in [-0.39, 0.29) is 24.1 Å². The molecule has 1 aromatic carbocycles. The van der Waals surface area contributed by atoms with Crippen molar-refractivity contribution in [1.82, 2.24) is 20.0 Å². The summed E-state index contributed by atoms with van der Waals surface area (Å²) in [7, 11) is 0. The zero-order valence-electron chi connectivity index (χ0n) is 19.8.